The van der Waals surface area contributed by atoms with Crippen LogP contribution >= 0.6 is 0 Å². The van der Waals surface area contributed by atoms with E-state index in [0.717, 1.165) is 16.7 Å². The van der Waals surface area contributed by atoms with E-state index in [4.69, 9.17) is 14.2 Å². The van der Waals surface area contributed by atoms with Gasteiger partial charge < -0.3 is 24.4 Å². The molecule has 5 nitrogen and oxygen atoms in total. The Labute approximate surface area is 182 Å². The molecular formula is C26H28O5. The van der Waals surface area contributed by atoms with Gasteiger partial charge in [-0.25, -0.2) is 0 Å². The van der Waals surface area contributed by atoms with Crippen molar-refractivity contribution in [2.24, 2.45) is 0 Å². The monoisotopic (exact) mass is 420 g/mol. The van der Waals surface area contributed by atoms with Gasteiger partial charge in [0.2, 0.25) is 0 Å². The highest BCUT2D eigenvalue weighted by atomic mass is 16.7. The Bertz CT molecular complexity index is 835. The van der Waals surface area contributed by atoms with E-state index in [0.29, 0.717) is 0 Å². The molecule has 1 saturated heterocycles. The summed E-state index contributed by atoms with van der Waals surface area (Å²) < 4.78 is 17.8. The molecule has 3 aromatic carbocycles. The van der Waals surface area contributed by atoms with E-state index in [1.165, 1.54) is 7.11 Å². The Kier molecular flexibility index (Phi) is 6.80. The van der Waals surface area contributed by atoms with Crippen LogP contribution in [0.4, 0.5) is 0 Å². The van der Waals surface area contributed by atoms with Gasteiger partial charge in [-0.3, -0.25) is 0 Å². The van der Waals surface area contributed by atoms with Crippen LogP contribution in [0.5, 0.6) is 0 Å². The second kappa shape index (κ2) is 9.73. The van der Waals surface area contributed by atoms with Gasteiger partial charge in [0.1, 0.15) is 17.8 Å². The van der Waals surface area contributed by atoms with Crippen LogP contribution in [0.15, 0.2) is 91.0 Å². The molecule has 2 N–H and O–H groups in total. The van der Waals surface area contributed by atoms with E-state index in [1.807, 2.05) is 91.0 Å². The lowest BCUT2D eigenvalue weighted by Gasteiger charge is -2.40. The van der Waals surface area contributed by atoms with Crippen LogP contribution in [-0.4, -0.2) is 48.5 Å². The molecule has 1 aliphatic rings. The van der Waals surface area contributed by atoms with Crippen LogP contribution in [0.1, 0.15) is 23.1 Å². The number of aliphatic hydroxyl groups excluding tert-OH is 2. The average molecular weight is 421 g/mol. The maximum absolute atomic E-state index is 10.5. The smallest absolute Gasteiger partial charge is 0.160 e. The second-order valence-corrected chi connectivity index (χ2v) is 7.72. The normalized spacial score (nSPS) is 24.1. The van der Waals surface area contributed by atoms with Crippen LogP contribution in [-0.2, 0) is 19.8 Å². The highest BCUT2D eigenvalue weighted by Crippen LogP contribution is 2.41. The average Bonchev–Trinajstić information content (AvgIpc) is 2.84. The quantitative estimate of drug-likeness (QED) is 0.573. The largest absolute Gasteiger partial charge is 0.390 e. The first-order chi connectivity index (χ1) is 15.1. The third-order valence-corrected chi connectivity index (χ3v) is 5.80. The predicted molar refractivity (Wildman–Crippen MR) is 117 cm³/mol. The molecule has 162 valence electrons. The molecule has 0 radical (unpaired) electrons. The van der Waals surface area contributed by atoms with E-state index in [-0.39, 0.29) is 13.0 Å². The zero-order valence-electron chi connectivity index (χ0n) is 17.5. The zero-order valence-corrected chi connectivity index (χ0v) is 17.5. The Morgan fingerprint density at radius 3 is 1.68 bits per heavy atom. The fourth-order valence-electron chi connectivity index (χ4n) is 4.18. The summed E-state index contributed by atoms with van der Waals surface area (Å²) in [5.74, 6) is 0. The van der Waals surface area contributed by atoms with Crippen LogP contribution in [0, 0.1) is 0 Å². The van der Waals surface area contributed by atoms with Crippen LogP contribution in [0.3, 0.4) is 0 Å². The number of ether oxygens (including phenoxy) is 3. The summed E-state index contributed by atoms with van der Waals surface area (Å²) in [6, 6.07) is 30.0. The number of hydrogen-bond donors (Lipinski definition) is 2. The molecule has 0 saturated carbocycles. The molecular weight excluding hydrogens is 392 g/mol. The maximum atomic E-state index is 10.5. The lowest BCUT2D eigenvalue weighted by molar-refractivity contribution is -0.256. The Morgan fingerprint density at radius 2 is 1.26 bits per heavy atom. The van der Waals surface area contributed by atoms with Crippen molar-refractivity contribution >= 4 is 0 Å². The predicted octanol–water partition coefficient (Wildman–Crippen LogP) is 3.48. The van der Waals surface area contributed by atoms with Gasteiger partial charge in [0, 0.05) is 13.5 Å². The van der Waals surface area contributed by atoms with Crippen molar-refractivity contribution in [2.45, 2.75) is 36.6 Å². The molecule has 4 atom stereocenters. The topological polar surface area (TPSA) is 68.2 Å². The van der Waals surface area contributed by atoms with Gasteiger partial charge in [0.15, 0.2) is 6.29 Å². The van der Waals surface area contributed by atoms with Crippen molar-refractivity contribution in [3.63, 3.8) is 0 Å². The summed E-state index contributed by atoms with van der Waals surface area (Å²) in [6.07, 6.45) is -3.11. The number of hydrogen-bond acceptors (Lipinski definition) is 5. The first-order valence-electron chi connectivity index (χ1n) is 10.5. The van der Waals surface area contributed by atoms with Crippen molar-refractivity contribution in [1.82, 2.24) is 0 Å². The van der Waals surface area contributed by atoms with E-state index in [9.17, 15) is 10.2 Å². The lowest BCUT2D eigenvalue weighted by Crippen LogP contribution is -2.51. The van der Waals surface area contributed by atoms with E-state index >= 15 is 0 Å². The number of benzene rings is 3. The SMILES string of the molecule is COC1CC(O)C(O)C(COC(c2ccccc2)(c2ccccc2)c2ccccc2)O1. The molecule has 0 amide bonds. The van der Waals surface area contributed by atoms with Crippen molar-refractivity contribution in [2.75, 3.05) is 13.7 Å². The Balaban J connectivity index is 1.77. The van der Waals surface area contributed by atoms with Gasteiger partial charge >= 0.3 is 0 Å². The van der Waals surface area contributed by atoms with Gasteiger partial charge in [0.05, 0.1) is 12.7 Å². The van der Waals surface area contributed by atoms with Crippen LogP contribution in [0.2, 0.25) is 0 Å². The number of rotatable bonds is 7. The van der Waals surface area contributed by atoms with E-state index in [1.54, 1.807) is 0 Å². The highest BCUT2D eigenvalue weighted by Gasteiger charge is 2.42. The van der Waals surface area contributed by atoms with Crippen LogP contribution in [0.25, 0.3) is 0 Å². The molecule has 1 fully saturated rings. The zero-order chi connectivity index (χ0) is 21.7. The van der Waals surface area contributed by atoms with Crippen molar-refractivity contribution in [3.05, 3.63) is 108 Å². The van der Waals surface area contributed by atoms with Gasteiger partial charge in [-0.05, 0) is 16.7 Å². The van der Waals surface area contributed by atoms with Crippen molar-refractivity contribution in [1.29, 1.82) is 0 Å². The minimum Gasteiger partial charge on any atom is -0.390 e. The minimum absolute atomic E-state index is 0.0662. The molecule has 0 spiro atoms. The number of aliphatic hydroxyl groups is 2. The maximum Gasteiger partial charge on any atom is 0.160 e. The summed E-state index contributed by atoms with van der Waals surface area (Å²) in [6.45, 7) is 0.0662. The van der Waals surface area contributed by atoms with Crippen molar-refractivity contribution < 1.29 is 24.4 Å². The lowest BCUT2D eigenvalue weighted by atomic mass is 9.80. The Morgan fingerprint density at radius 1 is 0.806 bits per heavy atom. The van der Waals surface area contributed by atoms with E-state index in [2.05, 4.69) is 0 Å². The molecule has 0 aliphatic carbocycles. The molecule has 3 aromatic rings. The molecule has 4 unspecified atom stereocenters. The summed E-state index contributed by atoms with van der Waals surface area (Å²) in [7, 11) is 1.52. The Hall–Kier alpha value is -2.54. The standard InChI is InChI=1S/C26H28O5/c1-29-24-17-22(27)25(28)23(31-24)18-30-26(19-11-5-2-6-12-19,20-13-7-3-8-14-20)21-15-9-4-10-16-21/h2-16,22-25,27-28H,17-18H2,1H3. The molecule has 1 aliphatic heterocycles. The fourth-order valence-corrected chi connectivity index (χ4v) is 4.18. The third kappa shape index (κ3) is 4.42. The number of methoxy groups -OCH3 is 1. The first kappa shape index (κ1) is 21.7. The van der Waals surface area contributed by atoms with Crippen LogP contribution < -0.4 is 0 Å². The molecule has 4 rings (SSSR count). The molecule has 1 heterocycles. The first-order valence-corrected chi connectivity index (χ1v) is 10.5. The summed E-state index contributed by atoms with van der Waals surface area (Å²) >= 11 is 0. The molecule has 0 bridgehead atoms. The molecule has 0 aromatic heterocycles. The minimum atomic E-state index is -1.06. The van der Waals surface area contributed by atoms with Crippen molar-refractivity contribution in [3.8, 4) is 0 Å². The second-order valence-electron chi connectivity index (χ2n) is 7.72. The summed E-state index contributed by atoms with van der Waals surface area (Å²) in [5.41, 5.74) is 1.96. The van der Waals surface area contributed by atoms with Gasteiger partial charge in [0.25, 0.3) is 0 Å². The van der Waals surface area contributed by atoms with Gasteiger partial charge in [-0.2, -0.15) is 0 Å². The fraction of sp³-hybridized carbons (Fsp3) is 0.308. The van der Waals surface area contributed by atoms with E-state index < -0.39 is 30.2 Å². The summed E-state index contributed by atoms with van der Waals surface area (Å²) in [5, 5.41) is 20.8. The highest BCUT2D eigenvalue weighted by molar-refractivity contribution is 5.47. The summed E-state index contributed by atoms with van der Waals surface area (Å²) in [4.78, 5) is 0. The molecule has 31 heavy (non-hydrogen) atoms. The van der Waals surface area contributed by atoms with Gasteiger partial charge in [-0.15, -0.1) is 0 Å². The van der Waals surface area contributed by atoms with Gasteiger partial charge in [-0.1, -0.05) is 91.0 Å². The molecule has 5 heteroatoms. The third-order valence-electron chi connectivity index (χ3n) is 5.80.